The Morgan fingerprint density at radius 2 is 2.17 bits per heavy atom. The molecule has 0 aliphatic carbocycles. The second-order valence-electron chi connectivity index (χ2n) is 2.08. The molecule has 66 valence electrons. The van der Waals surface area contributed by atoms with E-state index in [0.29, 0.717) is 10.9 Å². The summed E-state index contributed by atoms with van der Waals surface area (Å²) in [7, 11) is 0. The van der Waals surface area contributed by atoms with Gasteiger partial charge in [0.15, 0.2) is 10.3 Å². The molecule has 0 aromatic carbocycles. The van der Waals surface area contributed by atoms with Crippen molar-refractivity contribution in [1.29, 1.82) is 0 Å². The average Bonchev–Trinajstić information content (AvgIpc) is 2.08. The highest BCUT2D eigenvalue weighted by molar-refractivity contribution is 9.09. The van der Waals surface area contributed by atoms with Crippen molar-refractivity contribution in [2.45, 2.75) is 6.10 Å². The number of aliphatic hydroxyl groups is 1. The number of nitrogens with zero attached hydrogens (tertiary/aromatic N) is 2. The highest BCUT2D eigenvalue weighted by Crippen LogP contribution is 2.23. The van der Waals surface area contributed by atoms with Crippen LogP contribution in [-0.2, 0) is 0 Å². The first-order chi connectivity index (χ1) is 5.65. The molecule has 12 heavy (non-hydrogen) atoms. The van der Waals surface area contributed by atoms with Crippen molar-refractivity contribution in [3.8, 4) is 0 Å². The lowest BCUT2D eigenvalue weighted by atomic mass is 10.2. The predicted octanol–water partition coefficient (Wildman–Crippen LogP) is 2.21. The normalized spacial score (nSPS) is 13.0. The lowest BCUT2D eigenvalue weighted by Crippen LogP contribution is -2.01. The van der Waals surface area contributed by atoms with Gasteiger partial charge in [0.1, 0.15) is 0 Å². The SMILES string of the molecule is OC(CBr)c1cc(Cl)nnc1Cl. The molecule has 1 unspecified atom stereocenters. The molecular formula is C6H5BrCl2N2O. The van der Waals surface area contributed by atoms with Gasteiger partial charge in [-0.25, -0.2) is 0 Å². The molecule has 0 aliphatic heterocycles. The molecule has 0 saturated heterocycles. The minimum Gasteiger partial charge on any atom is -0.387 e. The summed E-state index contributed by atoms with van der Waals surface area (Å²) in [5.41, 5.74) is 0.480. The number of aromatic nitrogens is 2. The monoisotopic (exact) mass is 270 g/mol. The third-order valence-corrected chi connectivity index (χ3v) is 2.34. The van der Waals surface area contributed by atoms with Crippen molar-refractivity contribution in [3.05, 3.63) is 21.9 Å². The van der Waals surface area contributed by atoms with E-state index in [0.717, 1.165) is 0 Å². The highest BCUT2D eigenvalue weighted by atomic mass is 79.9. The van der Waals surface area contributed by atoms with E-state index in [4.69, 9.17) is 23.2 Å². The fraction of sp³-hybridized carbons (Fsp3) is 0.333. The molecule has 0 amide bonds. The molecule has 0 spiro atoms. The van der Waals surface area contributed by atoms with Crippen LogP contribution < -0.4 is 0 Å². The van der Waals surface area contributed by atoms with Crippen LogP contribution in [0.15, 0.2) is 6.07 Å². The summed E-state index contributed by atoms with van der Waals surface area (Å²) >= 11 is 14.3. The van der Waals surface area contributed by atoms with Crippen LogP contribution >= 0.6 is 39.1 Å². The summed E-state index contributed by atoms with van der Waals surface area (Å²) in [4.78, 5) is 0. The van der Waals surface area contributed by atoms with Gasteiger partial charge in [-0.1, -0.05) is 39.1 Å². The van der Waals surface area contributed by atoms with Crippen LogP contribution in [0.4, 0.5) is 0 Å². The van der Waals surface area contributed by atoms with Gasteiger partial charge in [0.25, 0.3) is 0 Å². The Kier molecular flexibility index (Phi) is 3.71. The van der Waals surface area contributed by atoms with Crippen LogP contribution in [0.25, 0.3) is 0 Å². The third-order valence-electron chi connectivity index (χ3n) is 1.25. The van der Waals surface area contributed by atoms with Crippen molar-refractivity contribution in [2.75, 3.05) is 5.33 Å². The average molecular weight is 272 g/mol. The Labute approximate surface area is 87.8 Å². The maximum absolute atomic E-state index is 9.38. The zero-order valence-electron chi connectivity index (χ0n) is 5.84. The van der Waals surface area contributed by atoms with E-state index in [9.17, 15) is 5.11 Å². The number of hydrogen-bond acceptors (Lipinski definition) is 3. The van der Waals surface area contributed by atoms with Gasteiger partial charge in [0.2, 0.25) is 0 Å². The second-order valence-corrected chi connectivity index (χ2v) is 3.48. The lowest BCUT2D eigenvalue weighted by molar-refractivity contribution is 0.205. The van der Waals surface area contributed by atoms with E-state index in [1.165, 1.54) is 6.07 Å². The van der Waals surface area contributed by atoms with Crippen LogP contribution in [0.5, 0.6) is 0 Å². The number of halogens is 3. The summed E-state index contributed by atoms with van der Waals surface area (Å²) < 4.78 is 0. The second kappa shape index (κ2) is 4.37. The van der Waals surface area contributed by atoms with Gasteiger partial charge < -0.3 is 5.11 Å². The summed E-state index contributed by atoms with van der Waals surface area (Å²) in [6, 6.07) is 1.49. The van der Waals surface area contributed by atoms with E-state index < -0.39 is 6.10 Å². The molecular weight excluding hydrogens is 267 g/mol. The molecule has 1 atom stereocenters. The molecule has 1 aromatic rings. The van der Waals surface area contributed by atoms with Crippen molar-refractivity contribution in [3.63, 3.8) is 0 Å². The molecule has 0 radical (unpaired) electrons. The van der Waals surface area contributed by atoms with Crippen LogP contribution in [0.1, 0.15) is 11.7 Å². The number of aliphatic hydroxyl groups excluding tert-OH is 1. The molecule has 6 heteroatoms. The fourth-order valence-electron chi connectivity index (χ4n) is 0.683. The fourth-order valence-corrected chi connectivity index (χ4v) is 1.41. The largest absolute Gasteiger partial charge is 0.387 e. The molecule has 3 nitrogen and oxygen atoms in total. The van der Waals surface area contributed by atoms with Gasteiger partial charge in [0, 0.05) is 10.9 Å². The Bertz CT molecular complexity index is 284. The molecule has 1 aromatic heterocycles. The van der Waals surface area contributed by atoms with E-state index in [1.54, 1.807) is 0 Å². The summed E-state index contributed by atoms with van der Waals surface area (Å²) in [5, 5.41) is 17.2. The summed E-state index contributed by atoms with van der Waals surface area (Å²) in [6.07, 6.45) is -0.703. The van der Waals surface area contributed by atoms with E-state index in [2.05, 4.69) is 26.1 Å². The maximum Gasteiger partial charge on any atom is 0.157 e. The van der Waals surface area contributed by atoms with Gasteiger partial charge in [-0.2, -0.15) is 0 Å². The van der Waals surface area contributed by atoms with Crippen LogP contribution in [-0.4, -0.2) is 20.6 Å². The molecule has 0 fully saturated rings. The van der Waals surface area contributed by atoms with Gasteiger partial charge in [0.05, 0.1) is 6.10 Å². The highest BCUT2D eigenvalue weighted by Gasteiger charge is 2.12. The van der Waals surface area contributed by atoms with E-state index in [-0.39, 0.29) is 10.3 Å². The Morgan fingerprint density at radius 3 is 2.75 bits per heavy atom. The van der Waals surface area contributed by atoms with Crippen molar-refractivity contribution >= 4 is 39.1 Å². The first kappa shape index (κ1) is 10.2. The Hall–Kier alpha value is 0.1000. The van der Waals surface area contributed by atoms with Crippen molar-refractivity contribution in [1.82, 2.24) is 10.2 Å². The number of hydrogen-bond donors (Lipinski definition) is 1. The van der Waals surface area contributed by atoms with Crippen LogP contribution in [0.2, 0.25) is 10.3 Å². The molecule has 1 N–H and O–H groups in total. The quantitative estimate of drug-likeness (QED) is 0.839. The van der Waals surface area contributed by atoms with E-state index in [1.807, 2.05) is 0 Å². The zero-order valence-corrected chi connectivity index (χ0v) is 8.94. The number of rotatable bonds is 2. The Balaban J connectivity index is 3.04. The van der Waals surface area contributed by atoms with Crippen LogP contribution in [0.3, 0.4) is 0 Å². The minimum atomic E-state index is -0.703. The smallest absolute Gasteiger partial charge is 0.157 e. The molecule has 0 bridgehead atoms. The van der Waals surface area contributed by atoms with Gasteiger partial charge in [-0.05, 0) is 6.07 Å². The Morgan fingerprint density at radius 1 is 1.50 bits per heavy atom. The van der Waals surface area contributed by atoms with Gasteiger partial charge >= 0.3 is 0 Å². The first-order valence-electron chi connectivity index (χ1n) is 3.07. The maximum atomic E-state index is 9.38. The first-order valence-corrected chi connectivity index (χ1v) is 4.95. The molecule has 0 aliphatic rings. The van der Waals surface area contributed by atoms with E-state index >= 15 is 0 Å². The molecule has 1 rings (SSSR count). The number of alkyl halides is 1. The van der Waals surface area contributed by atoms with Crippen molar-refractivity contribution < 1.29 is 5.11 Å². The van der Waals surface area contributed by atoms with Gasteiger partial charge in [-0.3, -0.25) is 0 Å². The van der Waals surface area contributed by atoms with Crippen molar-refractivity contribution in [2.24, 2.45) is 0 Å². The predicted molar refractivity (Wildman–Crippen MR) is 50.8 cm³/mol. The summed E-state index contributed by atoms with van der Waals surface area (Å²) in [5.74, 6) is 0. The van der Waals surface area contributed by atoms with Gasteiger partial charge in [-0.15, -0.1) is 10.2 Å². The lowest BCUT2D eigenvalue weighted by Gasteiger charge is -2.07. The minimum absolute atomic E-state index is 0.173. The topological polar surface area (TPSA) is 46.0 Å². The third kappa shape index (κ3) is 2.29. The van der Waals surface area contributed by atoms with Crippen LogP contribution in [0, 0.1) is 0 Å². The summed E-state index contributed by atoms with van der Waals surface area (Å²) in [6.45, 7) is 0. The molecule has 0 saturated carbocycles. The molecule has 1 heterocycles. The standard InChI is InChI=1S/C6H5BrCl2N2O/c7-2-4(12)3-1-5(8)10-11-6(3)9/h1,4,12H,2H2. The zero-order chi connectivity index (χ0) is 9.14.